The van der Waals surface area contributed by atoms with Crippen LogP contribution in [-0.2, 0) is 4.74 Å². The molecule has 1 atom stereocenters. The van der Waals surface area contributed by atoms with Crippen LogP contribution in [0.5, 0.6) is 5.75 Å². The highest BCUT2D eigenvalue weighted by molar-refractivity contribution is 5.88. The second-order valence-electron chi connectivity index (χ2n) is 9.22. The van der Waals surface area contributed by atoms with E-state index in [1.807, 2.05) is 84.0 Å². The van der Waals surface area contributed by atoms with Gasteiger partial charge in [-0.25, -0.2) is 5.01 Å². The molecule has 0 N–H and O–H groups in total. The fraction of sp³-hybridized carbons (Fsp3) is 0.0882. The van der Waals surface area contributed by atoms with Gasteiger partial charge in [0.2, 0.25) is 0 Å². The highest BCUT2D eigenvalue weighted by atomic mass is 16.6. The second-order valence-corrected chi connectivity index (χ2v) is 9.22. The van der Waals surface area contributed by atoms with E-state index in [1.54, 1.807) is 0 Å². The van der Waals surface area contributed by atoms with Crippen molar-refractivity contribution in [1.29, 1.82) is 0 Å². The maximum Gasteiger partial charge on any atom is 0.130 e. The Morgan fingerprint density at radius 2 is 1.13 bits per heavy atom. The molecule has 1 aliphatic rings. The van der Waals surface area contributed by atoms with Crippen molar-refractivity contribution in [2.24, 2.45) is 5.10 Å². The number of benzene rings is 5. The molecule has 5 nitrogen and oxygen atoms in total. The summed E-state index contributed by atoms with van der Waals surface area (Å²) < 4.78 is 11.7. The predicted molar refractivity (Wildman–Crippen MR) is 159 cm³/mol. The van der Waals surface area contributed by atoms with Gasteiger partial charge in [-0.15, -0.1) is 0 Å². The molecule has 1 saturated heterocycles. The average molecular weight is 512 g/mol. The molecule has 1 heterocycles. The SMILES string of the molecule is C(=NN(c1ccccc1)c1ccccc1)c1ccc(N(c2ccccc2)c2ccccc2)cc1OCC1CO1. The van der Waals surface area contributed by atoms with E-state index in [4.69, 9.17) is 14.6 Å². The van der Waals surface area contributed by atoms with Crippen LogP contribution < -0.4 is 14.6 Å². The molecule has 5 aromatic carbocycles. The van der Waals surface area contributed by atoms with E-state index in [9.17, 15) is 0 Å². The average Bonchev–Trinajstić information content (AvgIpc) is 3.84. The van der Waals surface area contributed by atoms with Gasteiger partial charge in [0.1, 0.15) is 18.5 Å². The number of hydrazone groups is 1. The first kappa shape index (κ1) is 24.5. The van der Waals surface area contributed by atoms with E-state index in [0.29, 0.717) is 6.61 Å². The Labute approximate surface area is 229 Å². The molecule has 0 bridgehead atoms. The minimum atomic E-state index is 0.142. The van der Waals surface area contributed by atoms with Crippen molar-refractivity contribution in [3.05, 3.63) is 145 Å². The molecule has 0 aliphatic carbocycles. The number of epoxide rings is 1. The van der Waals surface area contributed by atoms with Crippen molar-refractivity contribution < 1.29 is 9.47 Å². The van der Waals surface area contributed by atoms with E-state index in [2.05, 4.69) is 71.6 Å². The number of ether oxygens (including phenoxy) is 2. The van der Waals surface area contributed by atoms with E-state index < -0.39 is 0 Å². The third kappa shape index (κ3) is 6.00. The number of para-hydroxylation sites is 4. The van der Waals surface area contributed by atoms with Gasteiger partial charge < -0.3 is 14.4 Å². The van der Waals surface area contributed by atoms with Gasteiger partial charge in [-0.1, -0.05) is 72.8 Å². The van der Waals surface area contributed by atoms with Crippen molar-refractivity contribution >= 4 is 34.7 Å². The molecule has 0 amide bonds. The topological polar surface area (TPSA) is 40.6 Å². The maximum absolute atomic E-state index is 6.31. The van der Waals surface area contributed by atoms with Crippen molar-refractivity contribution in [3.63, 3.8) is 0 Å². The third-order valence-electron chi connectivity index (χ3n) is 6.43. The molecular weight excluding hydrogens is 482 g/mol. The minimum Gasteiger partial charge on any atom is -0.490 e. The first-order valence-electron chi connectivity index (χ1n) is 13.1. The molecule has 1 aliphatic heterocycles. The Balaban J connectivity index is 1.39. The monoisotopic (exact) mass is 511 g/mol. The smallest absolute Gasteiger partial charge is 0.130 e. The molecule has 5 heteroatoms. The molecule has 0 saturated carbocycles. The lowest BCUT2D eigenvalue weighted by molar-refractivity contribution is 0.263. The number of nitrogens with zero attached hydrogens (tertiary/aromatic N) is 3. The Morgan fingerprint density at radius 3 is 1.62 bits per heavy atom. The lowest BCUT2D eigenvalue weighted by Crippen LogP contribution is -2.12. The van der Waals surface area contributed by atoms with E-state index in [0.717, 1.165) is 46.4 Å². The molecule has 39 heavy (non-hydrogen) atoms. The molecule has 6 rings (SSSR count). The van der Waals surface area contributed by atoms with Gasteiger partial charge in [0.05, 0.1) is 24.2 Å². The van der Waals surface area contributed by atoms with Crippen LogP contribution in [0.3, 0.4) is 0 Å². The zero-order valence-corrected chi connectivity index (χ0v) is 21.5. The van der Waals surface area contributed by atoms with Gasteiger partial charge in [-0.05, 0) is 60.7 Å². The molecule has 0 radical (unpaired) electrons. The van der Waals surface area contributed by atoms with Gasteiger partial charge in [0.25, 0.3) is 0 Å². The Kier molecular flexibility index (Phi) is 7.32. The van der Waals surface area contributed by atoms with E-state index >= 15 is 0 Å². The maximum atomic E-state index is 6.31. The molecule has 1 unspecified atom stereocenters. The van der Waals surface area contributed by atoms with Crippen LogP contribution >= 0.6 is 0 Å². The number of hydrogen-bond donors (Lipinski definition) is 0. The number of rotatable bonds is 10. The van der Waals surface area contributed by atoms with Crippen LogP contribution in [0.1, 0.15) is 5.56 Å². The fourth-order valence-corrected chi connectivity index (χ4v) is 4.38. The van der Waals surface area contributed by atoms with Crippen LogP contribution in [0, 0.1) is 0 Å². The van der Waals surface area contributed by atoms with Crippen LogP contribution in [0.25, 0.3) is 0 Å². The predicted octanol–water partition coefficient (Wildman–Crippen LogP) is 8.11. The number of anilines is 5. The van der Waals surface area contributed by atoms with Gasteiger partial charge in [0, 0.05) is 28.7 Å². The van der Waals surface area contributed by atoms with Gasteiger partial charge in [0.15, 0.2) is 0 Å². The van der Waals surface area contributed by atoms with Gasteiger partial charge in [-0.3, -0.25) is 0 Å². The third-order valence-corrected chi connectivity index (χ3v) is 6.43. The zero-order chi connectivity index (χ0) is 26.3. The van der Waals surface area contributed by atoms with Crippen molar-refractivity contribution in [3.8, 4) is 5.75 Å². The fourth-order valence-electron chi connectivity index (χ4n) is 4.38. The number of hydrogen-bond acceptors (Lipinski definition) is 5. The van der Waals surface area contributed by atoms with Crippen molar-refractivity contribution in [1.82, 2.24) is 0 Å². The summed E-state index contributed by atoms with van der Waals surface area (Å²) in [5.41, 5.74) is 5.98. The lowest BCUT2D eigenvalue weighted by atomic mass is 10.1. The molecule has 0 spiro atoms. The Morgan fingerprint density at radius 1 is 0.641 bits per heavy atom. The standard InChI is InChI=1S/C34H29N3O2/c1-5-13-28(14-6-1)36(29-15-7-2-8-16-29)32-22-21-27(34(23-32)39-26-33-25-38-33)24-35-37(30-17-9-3-10-18-30)31-19-11-4-12-20-31/h1-24,33H,25-26H2. The first-order chi connectivity index (χ1) is 19.3. The van der Waals surface area contributed by atoms with Crippen molar-refractivity contribution in [2.75, 3.05) is 23.1 Å². The summed E-state index contributed by atoms with van der Waals surface area (Å²) in [5.74, 6) is 0.754. The van der Waals surface area contributed by atoms with Gasteiger partial charge in [-0.2, -0.15) is 5.10 Å². The summed E-state index contributed by atoms with van der Waals surface area (Å²) in [6, 6.07) is 47.2. The zero-order valence-electron chi connectivity index (χ0n) is 21.5. The highest BCUT2D eigenvalue weighted by Crippen LogP contribution is 2.37. The summed E-state index contributed by atoms with van der Waals surface area (Å²) in [4.78, 5) is 2.22. The molecule has 0 aromatic heterocycles. The van der Waals surface area contributed by atoms with Crippen LogP contribution in [0.4, 0.5) is 28.4 Å². The molecule has 192 valence electrons. The quantitative estimate of drug-likeness (QED) is 0.108. The van der Waals surface area contributed by atoms with Crippen LogP contribution in [0.2, 0.25) is 0 Å². The first-order valence-corrected chi connectivity index (χ1v) is 13.1. The van der Waals surface area contributed by atoms with Gasteiger partial charge >= 0.3 is 0 Å². The lowest BCUT2D eigenvalue weighted by Gasteiger charge is -2.26. The van der Waals surface area contributed by atoms with E-state index in [1.165, 1.54) is 0 Å². The summed E-state index contributed by atoms with van der Waals surface area (Å²) in [5, 5.41) is 6.84. The van der Waals surface area contributed by atoms with Crippen molar-refractivity contribution in [2.45, 2.75) is 6.10 Å². The minimum absolute atomic E-state index is 0.142. The Hall–Kier alpha value is -4.87. The normalized spacial score (nSPS) is 14.2. The summed E-state index contributed by atoms with van der Waals surface area (Å²) in [7, 11) is 0. The molecule has 5 aromatic rings. The molecule has 1 fully saturated rings. The molecular formula is C34H29N3O2. The summed E-state index contributed by atoms with van der Waals surface area (Å²) >= 11 is 0. The largest absolute Gasteiger partial charge is 0.490 e. The highest BCUT2D eigenvalue weighted by Gasteiger charge is 2.24. The second kappa shape index (κ2) is 11.7. The summed E-state index contributed by atoms with van der Waals surface area (Å²) in [6.07, 6.45) is 2.00. The Bertz CT molecular complexity index is 1430. The summed E-state index contributed by atoms with van der Waals surface area (Å²) in [6.45, 7) is 1.24. The van der Waals surface area contributed by atoms with E-state index in [-0.39, 0.29) is 6.10 Å². The van der Waals surface area contributed by atoms with Crippen LogP contribution in [-0.4, -0.2) is 25.5 Å². The van der Waals surface area contributed by atoms with Crippen LogP contribution in [0.15, 0.2) is 145 Å².